The minimum Gasteiger partial charge on any atom is -0.478 e. The van der Waals surface area contributed by atoms with Gasteiger partial charge in [0, 0.05) is 0 Å². The van der Waals surface area contributed by atoms with Gasteiger partial charge < -0.3 is 10.4 Å². The molecule has 104 valence electrons. The fourth-order valence-electron chi connectivity index (χ4n) is 1.64. The fourth-order valence-corrected chi connectivity index (χ4v) is 2.41. The van der Waals surface area contributed by atoms with Gasteiger partial charge in [0.2, 0.25) is 0 Å². The first-order chi connectivity index (χ1) is 9.41. The number of aromatic carboxylic acids is 1. The van der Waals surface area contributed by atoms with E-state index in [1.54, 1.807) is 19.2 Å². The van der Waals surface area contributed by atoms with Crippen molar-refractivity contribution in [1.82, 2.24) is 10.2 Å². The summed E-state index contributed by atoms with van der Waals surface area (Å²) >= 11 is 1.08. The van der Waals surface area contributed by atoms with Crippen molar-refractivity contribution in [2.45, 2.75) is 13.8 Å². The second-order valence-corrected chi connectivity index (χ2v) is 4.98. The number of hydrogen-bond acceptors (Lipinski definition) is 5. The minimum absolute atomic E-state index is 0.0109. The number of carbonyl (C=O) groups excluding carboxylic acids is 1. The highest BCUT2D eigenvalue weighted by Gasteiger charge is 2.19. The summed E-state index contributed by atoms with van der Waals surface area (Å²) in [7, 11) is 0. The van der Waals surface area contributed by atoms with Gasteiger partial charge in [0.25, 0.3) is 11.5 Å². The molecule has 0 saturated heterocycles. The van der Waals surface area contributed by atoms with Crippen molar-refractivity contribution >= 4 is 28.2 Å². The van der Waals surface area contributed by atoms with Crippen LogP contribution in [0, 0.1) is 13.8 Å². The summed E-state index contributed by atoms with van der Waals surface area (Å²) in [5.41, 5.74) is 0.295. The molecule has 0 saturated carbocycles. The van der Waals surface area contributed by atoms with E-state index in [1.807, 2.05) is 0 Å². The number of nitrogens with zero attached hydrogens (tertiary/aromatic N) is 1. The molecule has 2 heterocycles. The SMILES string of the molecule is Cc1n[nH]c(=O)c(C(=O)Nc2sccc2C(=O)O)c1C. The molecule has 7 nitrogen and oxygen atoms in total. The van der Waals surface area contributed by atoms with E-state index in [-0.39, 0.29) is 16.1 Å². The van der Waals surface area contributed by atoms with Gasteiger partial charge in [-0.2, -0.15) is 5.10 Å². The topological polar surface area (TPSA) is 112 Å². The van der Waals surface area contributed by atoms with E-state index in [9.17, 15) is 14.4 Å². The van der Waals surface area contributed by atoms with E-state index in [1.165, 1.54) is 6.07 Å². The number of aromatic amines is 1. The van der Waals surface area contributed by atoms with Crippen LogP contribution >= 0.6 is 11.3 Å². The molecule has 8 heteroatoms. The lowest BCUT2D eigenvalue weighted by atomic mass is 10.1. The Balaban J connectivity index is 2.39. The highest BCUT2D eigenvalue weighted by atomic mass is 32.1. The van der Waals surface area contributed by atoms with E-state index >= 15 is 0 Å². The van der Waals surface area contributed by atoms with Crippen molar-refractivity contribution < 1.29 is 14.7 Å². The van der Waals surface area contributed by atoms with Crippen LogP contribution in [0.1, 0.15) is 32.0 Å². The van der Waals surface area contributed by atoms with E-state index in [4.69, 9.17) is 5.11 Å². The number of rotatable bonds is 3. The molecule has 2 aromatic heterocycles. The number of carboxylic acid groups (broad SMARTS) is 1. The normalized spacial score (nSPS) is 10.3. The van der Waals surface area contributed by atoms with Crippen LogP contribution in [0.3, 0.4) is 0 Å². The van der Waals surface area contributed by atoms with Crippen molar-refractivity contribution in [3.05, 3.63) is 44.2 Å². The number of H-pyrrole nitrogens is 1. The van der Waals surface area contributed by atoms with Gasteiger partial charge in [-0.05, 0) is 30.9 Å². The van der Waals surface area contributed by atoms with Crippen LogP contribution in [0.15, 0.2) is 16.2 Å². The predicted molar refractivity (Wildman–Crippen MR) is 73.6 cm³/mol. The number of aromatic nitrogens is 2. The molecule has 3 N–H and O–H groups in total. The van der Waals surface area contributed by atoms with Crippen molar-refractivity contribution in [2.24, 2.45) is 0 Å². The van der Waals surface area contributed by atoms with Gasteiger partial charge >= 0.3 is 5.97 Å². The summed E-state index contributed by atoms with van der Waals surface area (Å²) in [6, 6.07) is 1.39. The Hall–Kier alpha value is -2.48. The van der Waals surface area contributed by atoms with E-state index in [0.717, 1.165) is 11.3 Å². The van der Waals surface area contributed by atoms with Gasteiger partial charge in [0.1, 0.15) is 10.6 Å². The molecule has 0 atom stereocenters. The van der Waals surface area contributed by atoms with Gasteiger partial charge in [0.05, 0.1) is 11.3 Å². The average molecular weight is 293 g/mol. The molecular weight excluding hydrogens is 282 g/mol. The smallest absolute Gasteiger partial charge is 0.338 e. The Morgan fingerprint density at radius 2 is 2.10 bits per heavy atom. The van der Waals surface area contributed by atoms with Crippen molar-refractivity contribution in [3.8, 4) is 0 Å². The van der Waals surface area contributed by atoms with Gasteiger partial charge in [-0.25, -0.2) is 9.89 Å². The highest BCUT2D eigenvalue weighted by molar-refractivity contribution is 7.14. The number of carboxylic acids is 1. The lowest BCUT2D eigenvalue weighted by Crippen LogP contribution is -2.26. The maximum absolute atomic E-state index is 12.1. The average Bonchev–Trinajstić information content (AvgIpc) is 2.82. The number of nitrogens with one attached hydrogen (secondary N) is 2. The van der Waals surface area contributed by atoms with Gasteiger partial charge in [-0.3, -0.25) is 9.59 Å². The van der Waals surface area contributed by atoms with E-state index < -0.39 is 17.4 Å². The Labute approximate surface area is 117 Å². The summed E-state index contributed by atoms with van der Waals surface area (Å²) in [4.78, 5) is 34.8. The standard InChI is InChI=1S/C12H11N3O4S/c1-5-6(2)14-15-10(17)8(5)9(16)13-11-7(12(18)19)3-4-20-11/h3-4H,1-2H3,(H,13,16)(H,15,17)(H,18,19). The Bertz CT molecular complexity index is 747. The van der Waals surface area contributed by atoms with E-state index in [2.05, 4.69) is 15.5 Å². The molecule has 2 aromatic rings. The summed E-state index contributed by atoms with van der Waals surface area (Å²) in [5, 5.41) is 19.1. The van der Waals surface area contributed by atoms with Gasteiger partial charge in [-0.1, -0.05) is 0 Å². The number of thiophene rings is 1. The second kappa shape index (κ2) is 5.25. The van der Waals surface area contributed by atoms with Gasteiger partial charge in [0.15, 0.2) is 0 Å². The monoisotopic (exact) mass is 293 g/mol. The quantitative estimate of drug-likeness (QED) is 0.791. The van der Waals surface area contributed by atoms with Crippen LogP contribution in [-0.4, -0.2) is 27.2 Å². The molecule has 0 spiro atoms. The maximum Gasteiger partial charge on any atom is 0.338 e. The molecule has 0 bridgehead atoms. The van der Waals surface area contributed by atoms with Crippen LogP contribution in [0.5, 0.6) is 0 Å². The van der Waals surface area contributed by atoms with Crippen LogP contribution in [0.4, 0.5) is 5.00 Å². The predicted octanol–water partition coefficient (Wildman–Crippen LogP) is 1.40. The van der Waals surface area contributed by atoms with E-state index in [0.29, 0.717) is 11.3 Å². The second-order valence-electron chi connectivity index (χ2n) is 4.06. The molecule has 0 fully saturated rings. The van der Waals surface area contributed by atoms with Crippen LogP contribution in [-0.2, 0) is 0 Å². The summed E-state index contributed by atoms with van der Waals surface area (Å²) in [6.07, 6.45) is 0. The van der Waals surface area contributed by atoms with Crippen molar-refractivity contribution in [3.63, 3.8) is 0 Å². The number of anilines is 1. The summed E-state index contributed by atoms with van der Waals surface area (Å²) < 4.78 is 0. The third-order valence-electron chi connectivity index (χ3n) is 2.82. The van der Waals surface area contributed by atoms with Crippen molar-refractivity contribution in [1.29, 1.82) is 0 Å². The lowest BCUT2D eigenvalue weighted by Gasteiger charge is -2.07. The zero-order valence-corrected chi connectivity index (χ0v) is 11.5. The Kier molecular flexibility index (Phi) is 3.66. The molecule has 20 heavy (non-hydrogen) atoms. The van der Waals surface area contributed by atoms with Crippen LogP contribution in [0.2, 0.25) is 0 Å². The molecule has 0 aromatic carbocycles. The number of aryl methyl sites for hydroxylation is 1. The minimum atomic E-state index is -1.14. The number of carbonyl (C=O) groups is 2. The zero-order valence-electron chi connectivity index (χ0n) is 10.7. The van der Waals surface area contributed by atoms with Crippen molar-refractivity contribution in [2.75, 3.05) is 5.32 Å². The molecular formula is C12H11N3O4S. The third kappa shape index (κ3) is 2.45. The summed E-state index contributed by atoms with van der Waals surface area (Å²) in [5.74, 6) is -1.79. The zero-order chi connectivity index (χ0) is 14.9. The molecule has 1 amide bonds. The van der Waals surface area contributed by atoms with Crippen LogP contribution in [0.25, 0.3) is 0 Å². The number of hydrogen-bond donors (Lipinski definition) is 3. The first kappa shape index (κ1) is 13.9. The number of amides is 1. The maximum atomic E-state index is 12.1. The molecule has 0 radical (unpaired) electrons. The lowest BCUT2D eigenvalue weighted by molar-refractivity contribution is 0.0698. The highest BCUT2D eigenvalue weighted by Crippen LogP contribution is 2.23. The molecule has 0 aliphatic carbocycles. The Morgan fingerprint density at radius 1 is 1.40 bits per heavy atom. The molecule has 0 unspecified atom stereocenters. The first-order valence-corrected chi connectivity index (χ1v) is 6.47. The van der Waals surface area contributed by atoms with Gasteiger partial charge in [-0.15, -0.1) is 11.3 Å². The molecule has 2 rings (SSSR count). The third-order valence-corrected chi connectivity index (χ3v) is 3.65. The largest absolute Gasteiger partial charge is 0.478 e. The molecule has 0 aliphatic rings. The summed E-state index contributed by atoms with van der Waals surface area (Å²) in [6.45, 7) is 3.27. The Morgan fingerprint density at radius 3 is 2.75 bits per heavy atom. The first-order valence-electron chi connectivity index (χ1n) is 5.60. The molecule has 0 aliphatic heterocycles. The fraction of sp³-hybridized carbons (Fsp3) is 0.167. The van der Waals surface area contributed by atoms with Crippen LogP contribution < -0.4 is 10.9 Å².